The molecule has 0 bridgehead atoms. The number of carbonyl (C=O) groups is 1. The van der Waals surface area contributed by atoms with E-state index in [1.807, 2.05) is 18.2 Å². The number of carbonyl (C=O) groups excluding carboxylic acids is 1. The first-order valence-corrected chi connectivity index (χ1v) is 7.68. The molecule has 1 atom stereocenters. The van der Waals surface area contributed by atoms with Crippen LogP contribution in [0.15, 0.2) is 48.8 Å². The molecular weight excluding hydrogens is 290 g/mol. The van der Waals surface area contributed by atoms with Crippen LogP contribution < -0.4 is 0 Å². The Bertz CT molecular complexity index is 857. The molecule has 0 saturated carbocycles. The molecule has 2 aromatic heterocycles. The molecule has 0 radical (unpaired) electrons. The van der Waals surface area contributed by atoms with Crippen LogP contribution in [0.3, 0.4) is 0 Å². The van der Waals surface area contributed by atoms with Crippen LogP contribution in [0.4, 0.5) is 0 Å². The van der Waals surface area contributed by atoms with Crippen molar-refractivity contribution in [2.45, 2.75) is 19.0 Å². The van der Waals surface area contributed by atoms with Crippen LogP contribution in [0.2, 0.25) is 0 Å². The van der Waals surface area contributed by atoms with Gasteiger partial charge in [0.2, 0.25) is 0 Å². The second-order valence-electron chi connectivity index (χ2n) is 5.84. The van der Waals surface area contributed by atoms with Gasteiger partial charge < -0.3 is 15.0 Å². The maximum atomic E-state index is 12.8. The highest BCUT2D eigenvalue weighted by Gasteiger charge is 2.31. The number of pyridine rings is 1. The molecule has 1 aliphatic rings. The molecule has 0 spiro atoms. The number of H-pyrrole nitrogens is 1. The molecule has 3 heterocycles. The number of fused-ring (bicyclic) bond motifs is 3. The minimum Gasteiger partial charge on any atom is -0.394 e. The van der Waals surface area contributed by atoms with E-state index in [1.54, 1.807) is 29.4 Å². The first-order chi connectivity index (χ1) is 11.3. The molecule has 1 aromatic carbocycles. The van der Waals surface area contributed by atoms with Gasteiger partial charge in [0.1, 0.15) is 0 Å². The van der Waals surface area contributed by atoms with Crippen LogP contribution in [0.25, 0.3) is 10.9 Å². The Morgan fingerprint density at radius 3 is 2.83 bits per heavy atom. The van der Waals surface area contributed by atoms with E-state index in [9.17, 15) is 9.90 Å². The van der Waals surface area contributed by atoms with Crippen LogP contribution in [-0.4, -0.2) is 38.5 Å². The second kappa shape index (κ2) is 5.52. The van der Waals surface area contributed by atoms with Gasteiger partial charge in [-0.05, 0) is 30.2 Å². The monoisotopic (exact) mass is 307 g/mol. The molecule has 3 aromatic rings. The molecule has 2 N–H and O–H groups in total. The summed E-state index contributed by atoms with van der Waals surface area (Å²) in [5, 5.41) is 11.0. The molecule has 23 heavy (non-hydrogen) atoms. The maximum Gasteiger partial charge on any atom is 0.254 e. The van der Waals surface area contributed by atoms with Gasteiger partial charge in [-0.15, -0.1) is 0 Å². The number of aromatic nitrogens is 2. The molecule has 0 fully saturated rings. The van der Waals surface area contributed by atoms with Crippen molar-refractivity contribution in [1.82, 2.24) is 14.9 Å². The largest absolute Gasteiger partial charge is 0.394 e. The number of rotatable bonds is 2. The molecule has 1 aliphatic heterocycles. The number of aliphatic hydroxyl groups excluding tert-OH is 1. The van der Waals surface area contributed by atoms with Crippen molar-refractivity contribution in [3.8, 4) is 0 Å². The number of aromatic amines is 1. The van der Waals surface area contributed by atoms with E-state index < -0.39 is 0 Å². The summed E-state index contributed by atoms with van der Waals surface area (Å²) in [4.78, 5) is 21.9. The average Bonchev–Trinajstić information content (AvgIpc) is 2.98. The Morgan fingerprint density at radius 2 is 2.04 bits per heavy atom. The summed E-state index contributed by atoms with van der Waals surface area (Å²) in [5.41, 5.74) is 3.93. The highest BCUT2D eigenvalue weighted by atomic mass is 16.3. The Kier molecular flexibility index (Phi) is 3.35. The fourth-order valence-corrected chi connectivity index (χ4v) is 3.33. The van der Waals surface area contributed by atoms with Crippen LogP contribution in [0.5, 0.6) is 0 Å². The average molecular weight is 307 g/mol. The van der Waals surface area contributed by atoms with E-state index >= 15 is 0 Å². The minimum atomic E-state index is -0.206. The quantitative estimate of drug-likeness (QED) is 0.762. The Balaban J connectivity index is 1.73. The molecule has 5 heteroatoms. The Hall–Kier alpha value is -2.66. The minimum absolute atomic E-state index is 0.0459. The second-order valence-corrected chi connectivity index (χ2v) is 5.84. The molecule has 0 aliphatic carbocycles. The summed E-state index contributed by atoms with van der Waals surface area (Å²) in [5.74, 6) is -0.0734. The SMILES string of the molecule is O=C(c1ccncc1)N1Cc2[nH]c3ccccc3c2CC1CO. The van der Waals surface area contributed by atoms with E-state index in [4.69, 9.17) is 0 Å². The third-order valence-electron chi connectivity index (χ3n) is 4.51. The molecule has 116 valence electrons. The highest BCUT2D eigenvalue weighted by molar-refractivity contribution is 5.95. The van der Waals surface area contributed by atoms with E-state index in [2.05, 4.69) is 16.0 Å². The number of aliphatic hydroxyl groups is 1. The normalized spacial score (nSPS) is 17.3. The van der Waals surface area contributed by atoms with Gasteiger partial charge in [0, 0.05) is 34.6 Å². The molecule has 0 saturated heterocycles. The van der Waals surface area contributed by atoms with Crippen LogP contribution in [-0.2, 0) is 13.0 Å². The summed E-state index contributed by atoms with van der Waals surface area (Å²) in [7, 11) is 0. The summed E-state index contributed by atoms with van der Waals surface area (Å²) >= 11 is 0. The Labute approximate surface area is 133 Å². The van der Waals surface area contributed by atoms with Crippen molar-refractivity contribution < 1.29 is 9.90 Å². The van der Waals surface area contributed by atoms with Crippen LogP contribution in [0, 0.1) is 0 Å². The predicted molar refractivity (Wildman–Crippen MR) is 87.0 cm³/mol. The standard InChI is InChI=1S/C18H17N3O2/c22-11-13-9-15-14-3-1-2-4-16(14)20-17(15)10-21(13)18(23)12-5-7-19-8-6-12/h1-8,13,20,22H,9-11H2. The number of nitrogens with one attached hydrogen (secondary N) is 1. The third kappa shape index (κ3) is 2.29. The lowest BCUT2D eigenvalue weighted by Crippen LogP contribution is -2.46. The van der Waals surface area contributed by atoms with Crippen molar-refractivity contribution in [2.75, 3.05) is 6.61 Å². The zero-order valence-corrected chi connectivity index (χ0v) is 12.6. The number of benzene rings is 1. The van der Waals surface area contributed by atoms with Gasteiger partial charge in [0.05, 0.1) is 19.2 Å². The lowest BCUT2D eigenvalue weighted by Gasteiger charge is -2.34. The van der Waals surface area contributed by atoms with Gasteiger partial charge in [-0.3, -0.25) is 9.78 Å². The van der Waals surface area contributed by atoms with Gasteiger partial charge in [-0.2, -0.15) is 0 Å². The molecular formula is C18H17N3O2. The maximum absolute atomic E-state index is 12.8. The van der Waals surface area contributed by atoms with Crippen LogP contribution >= 0.6 is 0 Å². The van der Waals surface area contributed by atoms with E-state index in [-0.39, 0.29) is 18.6 Å². The van der Waals surface area contributed by atoms with Crippen molar-refractivity contribution in [1.29, 1.82) is 0 Å². The summed E-state index contributed by atoms with van der Waals surface area (Å²) in [6, 6.07) is 11.3. The number of para-hydroxylation sites is 1. The topological polar surface area (TPSA) is 69.2 Å². The van der Waals surface area contributed by atoms with E-state index in [0.717, 1.165) is 11.2 Å². The van der Waals surface area contributed by atoms with Crippen molar-refractivity contribution in [2.24, 2.45) is 0 Å². The van der Waals surface area contributed by atoms with Crippen molar-refractivity contribution in [3.05, 3.63) is 65.6 Å². The predicted octanol–water partition coefficient (Wildman–Crippen LogP) is 2.12. The molecule has 5 nitrogen and oxygen atoms in total. The van der Waals surface area contributed by atoms with Crippen molar-refractivity contribution in [3.63, 3.8) is 0 Å². The molecule has 4 rings (SSSR count). The highest BCUT2D eigenvalue weighted by Crippen LogP contribution is 2.30. The lowest BCUT2D eigenvalue weighted by molar-refractivity contribution is 0.0541. The number of hydrogen-bond donors (Lipinski definition) is 2. The van der Waals surface area contributed by atoms with Crippen molar-refractivity contribution >= 4 is 16.8 Å². The zero-order chi connectivity index (χ0) is 15.8. The van der Waals surface area contributed by atoms with Gasteiger partial charge in [-0.1, -0.05) is 18.2 Å². The lowest BCUT2D eigenvalue weighted by atomic mass is 9.96. The molecule has 1 unspecified atom stereocenters. The summed E-state index contributed by atoms with van der Waals surface area (Å²) in [6.07, 6.45) is 3.88. The van der Waals surface area contributed by atoms with Gasteiger partial charge in [0.15, 0.2) is 0 Å². The van der Waals surface area contributed by atoms with Gasteiger partial charge >= 0.3 is 0 Å². The van der Waals surface area contributed by atoms with Gasteiger partial charge in [0.25, 0.3) is 5.91 Å². The number of amides is 1. The zero-order valence-electron chi connectivity index (χ0n) is 12.6. The fraction of sp³-hybridized carbons (Fsp3) is 0.222. The van der Waals surface area contributed by atoms with E-state index in [1.165, 1.54) is 10.9 Å². The Morgan fingerprint density at radius 1 is 1.26 bits per heavy atom. The summed E-state index contributed by atoms with van der Waals surface area (Å²) in [6.45, 7) is 0.437. The smallest absolute Gasteiger partial charge is 0.254 e. The summed E-state index contributed by atoms with van der Waals surface area (Å²) < 4.78 is 0. The number of nitrogens with zero attached hydrogens (tertiary/aromatic N) is 2. The van der Waals surface area contributed by atoms with Gasteiger partial charge in [-0.25, -0.2) is 0 Å². The van der Waals surface area contributed by atoms with E-state index in [0.29, 0.717) is 18.5 Å². The molecule has 1 amide bonds. The number of hydrogen-bond acceptors (Lipinski definition) is 3. The first-order valence-electron chi connectivity index (χ1n) is 7.68. The first kappa shape index (κ1) is 14.0. The third-order valence-corrected chi connectivity index (χ3v) is 4.51. The van der Waals surface area contributed by atoms with Crippen LogP contribution in [0.1, 0.15) is 21.6 Å². The fourth-order valence-electron chi connectivity index (χ4n) is 3.33.